The van der Waals surface area contributed by atoms with Crippen LogP contribution in [-0.2, 0) is 9.53 Å². The maximum absolute atomic E-state index is 13.0. The highest BCUT2D eigenvalue weighted by Crippen LogP contribution is 2.36. The fraction of sp³-hybridized carbons (Fsp3) is 0.261. The Hall–Kier alpha value is -2.99. The highest BCUT2D eigenvalue weighted by Gasteiger charge is 2.24. The van der Waals surface area contributed by atoms with E-state index in [1.54, 1.807) is 17.0 Å². The highest BCUT2D eigenvalue weighted by molar-refractivity contribution is 5.99. The van der Waals surface area contributed by atoms with Crippen LogP contribution in [-0.4, -0.2) is 31.0 Å². The number of hydrogen-bond donors (Lipinski definition) is 1. The molecule has 1 amide bonds. The fourth-order valence-electron chi connectivity index (χ4n) is 3.86. The van der Waals surface area contributed by atoms with E-state index >= 15 is 0 Å². The van der Waals surface area contributed by atoms with Crippen molar-refractivity contribution < 1.29 is 18.3 Å². The minimum Gasteiger partial charge on any atom is -0.370 e. The van der Waals surface area contributed by atoms with Gasteiger partial charge < -0.3 is 15.0 Å². The number of fused-ring (bicyclic) bond motifs is 1. The lowest BCUT2D eigenvalue weighted by Gasteiger charge is -2.31. The number of carbonyl (C=O) groups is 1. The van der Waals surface area contributed by atoms with Gasteiger partial charge in [0.15, 0.2) is 0 Å². The highest BCUT2D eigenvalue weighted by atomic mass is 19.3. The van der Waals surface area contributed by atoms with Crippen LogP contribution in [0.15, 0.2) is 54.6 Å². The molecule has 1 aliphatic heterocycles. The lowest BCUT2D eigenvalue weighted by atomic mass is 9.94. The largest absolute Gasteiger partial charge is 0.370 e. The van der Waals surface area contributed by atoms with Crippen molar-refractivity contribution >= 4 is 28.6 Å². The van der Waals surface area contributed by atoms with Gasteiger partial charge in [-0.2, -0.15) is 0 Å². The van der Waals surface area contributed by atoms with Gasteiger partial charge in [0, 0.05) is 28.9 Å². The lowest BCUT2D eigenvalue weighted by molar-refractivity contribution is -0.125. The van der Waals surface area contributed by atoms with Crippen LogP contribution in [0, 0.1) is 6.92 Å². The van der Waals surface area contributed by atoms with E-state index in [1.807, 2.05) is 37.3 Å². The summed E-state index contributed by atoms with van der Waals surface area (Å²) in [5, 5.41) is 5.32. The smallest absolute Gasteiger partial charge is 0.263 e. The molecule has 29 heavy (non-hydrogen) atoms. The number of nitrogens with one attached hydrogen (secondary N) is 1. The number of hydrogen-bond acceptors (Lipinski definition) is 3. The van der Waals surface area contributed by atoms with Gasteiger partial charge in [0.1, 0.15) is 6.10 Å². The molecule has 1 unspecified atom stereocenters. The van der Waals surface area contributed by atoms with Crippen LogP contribution in [0.1, 0.15) is 29.2 Å². The number of amides is 1. The van der Waals surface area contributed by atoms with E-state index in [0.29, 0.717) is 25.4 Å². The van der Waals surface area contributed by atoms with Crippen molar-refractivity contribution in [1.82, 2.24) is 4.90 Å². The SMILES string of the molecule is Cc1cccc2c(Nc3cccc(C(F)F)c3)ccc(C3CN(C=O)CCO3)c12. The number of rotatable bonds is 5. The summed E-state index contributed by atoms with van der Waals surface area (Å²) in [6.07, 6.45) is -1.85. The molecule has 3 aromatic carbocycles. The maximum Gasteiger partial charge on any atom is 0.263 e. The van der Waals surface area contributed by atoms with Crippen molar-refractivity contribution in [3.05, 3.63) is 71.3 Å². The molecule has 1 N–H and O–H groups in total. The average Bonchev–Trinajstić information content (AvgIpc) is 2.74. The summed E-state index contributed by atoms with van der Waals surface area (Å²) in [4.78, 5) is 12.9. The van der Waals surface area contributed by atoms with Crippen molar-refractivity contribution in [1.29, 1.82) is 0 Å². The first-order chi connectivity index (χ1) is 14.1. The van der Waals surface area contributed by atoms with Crippen molar-refractivity contribution in [2.45, 2.75) is 19.5 Å². The number of alkyl halides is 2. The van der Waals surface area contributed by atoms with Gasteiger partial charge in [-0.15, -0.1) is 0 Å². The van der Waals surface area contributed by atoms with Crippen LogP contribution < -0.4 is 5.32 Å². The molecule has 0 bridgehead atoms. The first-order valence-corrected chi connectivity index (χ1v) is 9.55. The minimum atomic E-state index is -2.51. The van der Waals surface area contributed by atoms with E-state index in [4.69, 9.17) is 4.74 Å². The Balaban J connectivity index is 1.75. The zero-order valence-electron chi connectivity index (χ0n) is 16.1. The van der Waals surface area contributed by atoms with Gasteiger partial charge >= 0.3 is 0 Å². The molecule has 3 aromatic rings. The Morgan fingerprint density at radius 3 is 2.79 bits per heavy atom. The number of morpholine rings is 1. The Morgan fingerprint density at radius 1 is 1.17 bits per heavy atom. The maximum atomic E-state index is 13.0. The third-order valence-electron chi connectivity index (χ3n) is 5.29. The molecule has 1 atom stereocenters. The van der Waals surface area contributed by atoms with Crippen LogP contribution >= 0.6 is 0 Å². The predicted molar refractivity (Wildman–Crippen MR) is 110 cm³/mol. The van der Waals surface area contributed by atoms with Gasteiger partial charge in [-0.1, -0.05) is 36.4 Å². The summed E-state index contributed by atoms with van der Waals surface area (Å²) in [7, 11) is 0. The van der Waals surface area contributed by atoms with E-state index < -0.39 is 6.43 Å². The second kappa shape index (κ2) is 8.17. The third kappa shape index (κ3) is 3.93. The van der Waals surface area contributed by atoms with Gasteiger partial charge in [0.25, 0.3) is 6.43 Å². The lowest BCUT2D eigenvalue weighted by Crippen LogP contribution is -2.37. The molecule has 1 saturated heterocycles. The molecular weight excluding hydrogens is 374 g/mol. The standard InChI is InChI=1S/C23H22F2N2O2/c1-15-4-2-7-18-20(26-17-6-3-5-16(12-17)23(24)25)9-8-19(22(15)18)21-13-27(14-28)10-11-29-21/h2-9,12,14,21,23,26H,10-11,13H2,1H3. The monoisotopic (exact) mass is 396 g/mol. The van der Waals surface area contributed by atoms with E-state index in [9.17, 15) is 13.6 Å². The number of ether oxygens (including phenoxy) is 1. The zero-order chi connectivity index (χ0) is 20.4. The first-order valence-electron chi connectivity index (χ1n) is 9.55. The van der Waals surface area contributed by atoms with Gasteiger partial charge in [-0.05, 0) is 41.6 Å². The van der Waals surface area contributed by atoms with Gasteiger partial charge in [0.2, 0.25) is 6.41 Å². The van der Waals surface area contributed by atoms with Crippen LogP contribution in [0.5, 0.6) is 0 Å². The number of halogens is 2. The summed E-state index contributed by atoms with van der Waals surface area (Å²) in [5.41, 5.74) is 3.55. The van der Waals surface area contributed by atoms with E-state index in [0.717, 1.165) is 34.0 Å². The number of nitrogens with zero attached hydrogens (tertiary/aromatic N) is 1. The molecule has 150 valence electrons. The van der Waals surface area contributed by atoms with Crippen LogP contribution in [0.3, 0.4) is 0 Å². The topological polar surface area (TPSA) is 41.6 Å². The Morgan fingerprint density at radius 2 is 2.00 bits per heavy atom. The molecule has 0 radical (unpaired) electrons. The van der Waals surface area contributed by atoms with Gasteiger partial charge in [-0.25, -0.2) is 8.78 Å². The quantitative estimate of drug-likeness (QED) is 0.591. The number of carbonyl (C=O) groups excluding carboxylic acids is 1. The number of benzene rings is 3. The van der Waals surface area contributed by atoms with Crippen molar-refractivity contribution in [2.75, 3.05) is 25.0 Å². The predicted octanol–water partition coefficient (Wildman–Crippen LogP) is 5.36. The summed E-state index contributed by atoms with van der Waals surface area (Å²) in [5.74, 6) is 0. The summed E-state index contributed by atoms with van der Waals surface area (Å²) >= 11 is 0. The fourth-order valence-corrected chi connectivity index (χ4v) is 3.86. The summed E-state index contributed by atoms with van der Waals surface area (Å²) in [6, 6.07) is 16.2. The van der Waals surface area contributed by atoms with Crippen molar-refractivity contribution in [3.63, 3.8) is 0 Å². The van der Waals surface area contributed by atoms with Gasteiger partial charge in [-0.3, -0.25) is 4.79 Å². The molecule has 4 rings (SSSR count). The minimum absolute atomic E-state index is 0.0170. The Kier molecular flexibility index (Phi) is 5.45. The second-order valence-corrected chi connectivity index (χ2v) is 7.21. The summed E-state index contributed by atoms with van der Waals surface area (Å²) in [6.45, 7) is 3.64. The summed E-state index contributed by atoms with van der Waals surface area (Å²) < 4.78 is 32.0. The van der Waals surface area contributed by atoms with Crippen LogP contribution in [0.2, 0.25) is 0 Å². The molecule has 1 heterocycles. The van der Waals surface area contributed by atoms with E-state index in [-0.39, 0.29) is 11.7 Å². The molecule has 0 aliphatic carbocycles. The molecule has 1 aliphatic rings. The first kappa shape index (κ1) is 19.3. The molecule has 0 aromatic heterocycles. The normalized spacial score (nSPS) is 17.0. The van der Waals surface area contributed by atoms with E-state index in [2.05, 4.69) is 5.32 Å². The second-order valence-electron chi connectivity index (χ2n) is 7.21. The zero-order valence-corrected chi connectivity index (χ0v) is 16.1. The molecule has 0 saturated carbocycles. The van der Waals surface area contributed by atoms with Crippen LogP contribution in [0.25, 0.3) is 10.8 Å². The molecular formula is C23H22F2N2O2. The molecule has 4 nitrogen and oxygen atoms in total. The number of anilines is 2. The number of aryl methyl sites for hydroxylation is 1. The van der Waals surface area contributed by atoms with Crippen molar-refractivity contribution in [2.24, 2.45) is 0 Å². The molecule has 1 fully saturated rings. The van der Waals surface area contributed by atoms with E-state index in [1.165, 1.54) is 12.1 Å². The average molecular weight is 396 g/mol. The molecule has 6 heteroatoms. The Labute approximate surface area is 168 Å². The van der Waals surface area contributed by atoms with Crippen molar-refractivity contribution in [3.8, 4) is 0 Å². The van der Waals surface area contributed by atoms with Gasteiger partial charge in [0.05, 0.1) is 13.2 Å². The molecule has 0 spiro atoms. The Bertz CT molecular complexity index is 1040. The third-order valence-corrected chi connectivity index (χ3v) is 5.29. The van der Waals surface area contributed by atoms with Crippen LogP contribution in [0.4, 0.5) is 20.2 Å².